The molecule has 0 saturated carbocycles. The number of ether oxygens (including phenoxy) is 2. The Labute approximate surface area is 140 Å². The molecule has 2 heterocycles. The van der Waals surface area contributed by atoms with Gasteiger partial charge in [-0.3, -0.25) is 0 Å². The van der Waals surface area contributed by atoms with E-state index < -0.39 is 5.79 Å². The van der Waals surface area contributed by atoms with Crippen LogP contribution in [0.2, 0.25) is 0 Å². The van der Waals surface area contributed by atoms with Gasteiger partial charge in [-0.2, -0.15) is 5.10 Å². The van der Waals surface area contributed by atoms with E-state index in [1.165, 1.54) is 6.33 Å². The number of aromatic nitrogens is 3. The third-order valence-electron chi connectivity index (χ3n) is 3.96. The largest absolute Gasteiger partial charge is 0.342 e. The second-order valence-corrected chi connectivity index (χ2v) is 5.59. The summed E-state index contributed by atoms with van der Waals surface area (Å²) in [5.41, 5.74) is 1.57. The minimum absolute atomic E-state index is 0.0391. The number of hydrogen-bond donors (Lipinski definition) is 2. The van der Waals surface area contributed by atoms with Gasteiger partial charge in [-0.15, -0.1) is 0 Å². The van der Waals surface area contributed by atoms with Crippen molar-refractivity contribution < 1.29 is 14.3 Å². The first kappa shape index (κ1) is 16.4. The maximum absolute atomic E-state index is 11.4. The van der Waals surface area contributed by atoms with Crippen molar-refractivity contribution in [1.82, 2.24) is 20.1 Å². The lowest BCUT2D eigenvalue weighted by molar-refractivity contribution is -0.188. The van der Waals surface area contributed by atoms with Gasteiger partial charge in [0.25, 0.3) is 0 Å². The maximum atomic E-state index is 11.4. The van der Waals surface area contributed by atoms with Gasteiger partial charge < -0.3 is 20.1 Å². The summed E-state index contributed by atoms with van der Waals surface area (Å²) in [5, 5.41) is 9.39. The number of nitrogens with zero attached hydrogens (tertiary/aromatic N) is 3. The number of nitrogens with one attached hydrogen (secondary N) is 2. The van der Waals surface area contributed by atoms with E-state index >= 15 is 0 Å². The second-order valence-electron chi connectivity index (χ2n) is 5.59. The predicted octanol–water partition coefficient (Wildman–Crippen LogP) is 1.71. The third kappa shape index (κ3) is 3.39. The highest BCUT2D eigenvalue weighted by molar-refractivity contribution is 5.88. The Morgan fingerprint density at radius 2 is 2.21 bits per heavy atom. The first-order valence-electron chi connectivity index (χ1n) is 7.88. The van der Waals surface area contributed by atoms with Crippen LogP contribution in [-0.4, -0.2) is 40.6 Å². The molecule has 0 spiro atoms. The number of carbonyl (C=O) groups is 1. The number of benzene rings is 1. The van der Waals surface area contributed by atoms with Crippen LogP contribution in [0.15, 0.2) is 36.9 Å². The molecular weight excluding hydrogens is 310 g/mol. The highest BCUT2D eigenvalue weighted by Gasteiger charge is 2.43. The fourth-order valence-electron chi connectivity index (χ4n) is 2.62. The van der Waals surface area contributed by atoms with E-state index in [2.05, 4.69) is 27.6 Å². The predicted molar refractivity (Wildman–Crippen MR) is 87.3 cm³/mol. The molecule has 2 atom stereocenters. The number of rotatable bonds is 5. The summed E-state index contributed by atoms with van der Waals surface area (Å²) in [6, 6.07) is 7.15. The Morgan fingerprint density at radius 3 is 2.79 bits per heavy atom. The summed E-state index contributed by atoms with van der Waals surface area (Å²) in [6.07, 6.45) is 4.03. The van der Waals surface area contributed by atoms with Crippen molar-refractivity contribution in [1.29, 1.82) is 0 Å². The maximum Gasteiger partial charge on any atom is 0.318 e. The molecule has 1 saturated heterocycles. The molecule has 8 nitrogen and oxygen atoms in total. The van der Waals surface area contributed by atoms with E-state index in [4.69, 9.17) is 9.47 Å². The van der Waals surface area contributed by atoms with Gasteiger partial charge in [-0.1, -0.05) is 19.1 Å². The highest BCUT2D eigenvalue weighted by Crippen LogP contribution is 2.37. The molecule has 1 aromatic heterocycles. The van der Waals surface area contributed by atoms with E-state index in [0.29, 0.717) is 18.8 Å². The van der Waals surface area contributed by atoms with Gasteiger partial charge in [0.2, 0.25) is 5.79 Å². The highest BCUT2D eigenvalue weighted by atomic mass is 16.7. The smallest absolute Gasteiger partial charge is 0.318 e. The van der Waals surface area contributed by atoms with Gasteiger partial charge in [0.1, 0.15) is 19.2 Å². The molecule has 2 unspecified atom stereocenters. The van der Waals surface area contributed by atoms with Gasteiger partial charge in [0.05, 0.1) is 12.7 Å². The van der Waals surface area contributed by atoms with Crippen LogP contribution < -0.4 is 10.6 Å². The van der Waals surface area contributed by atoms with Crippen molar-refractivity contribution in [2.75, 3.05) is 19.0 Å². The Bertz CT molecular complexity index is 674. The summed E-state index contributed by atoms with van der Waals surface area (Å²) in [4.78, 5) is 15.4. The first-order valence-corrected chi connectivity index (χ1v) is 7.88. The molecule has 2 aromatic rings. The Morgan fingerprint density at radius 1 is 1.42 bits per heavy atom. The summed E-state index contributed by atoms with van der Waals surface area (Å²) in [7, 11) is 1.57. The number of carbonyl (C=O) groups excluding carboxylic acids is 1. The van der Waals surface area contributed by atoms with Crippen molar-refractivity contribution in [3.8, 4) is 0 Å². The molecule has 3 rings (SSSR count). The lowest BCUT2D eigenvalue weighted by Crippen LogP contribution is -2.34. The molecule has 2 N–H and O–H groups in total. The molecule has 0 bridgehead atoms. The van der Waals surface area contributed by atoms with Crippen LogP contribution >= 0.6 is 0 Å². The molecule has 2 amide bonds. The molecular formula is C16H21N5O3. The minimum Gasteiger partial charge on any atom is -0.342 e. The van der Waals surface area contributed by atoms with Crippen LogP contribution in [0, 0.1) is 0 Å². The molecule has 0 aliphatic carbocycles. The summed E-state index contributed by atoms with van der Waals surface area (Å²) < 4.78 is 13.9. The Hall–Kier alpha value is -2.45. The first-order chi connectivity index (χ1) is 11.6. The Balaban J connectivity index is 1.84. The molecule has 0 radical (unpaired) electrons. The molecule has 24 heavy (non-hydrogen) atoms. The van der Waals surface area contributed by atoms with Crippen molar-refractivity contribution in [3.05, 3.63) is 42.5 Å². The topological polar surface area (TPSA) is 90.3 Å². The molecule has 128 valence electrons. The molecule has 1 aliphatic rings. The van der Waals surface area contributed by atoms with Gasteiger partial charge in [-0.05, 0) is 18.6 Å². The van der Waals surface area contributed by atoms with Gasteiger partial charge in [0, 0.05) is 18.3 Å². The van der Waals surface area contributed by atoms with Gasteiger partial charge >= 0.3 is 6.03 Å². The zero-order valence-corrected chi connectivity index (χ0v) is 13.7. The van der Waals surface area contributed by atoms with Gasteiger partial charge in [-0.25, -0.2) is 14.5 Å². The van der Waals surface area contributed by atoms with Crippen molar-refractivity contribution in [2.24, 2.45) is 0 Å². The van der Waals surface area contributed by atoms with E-state index in [0.717, 1.165) is 12.0 Å². The van der Waals surface area contributed by atoms with Crippen LogP contribution in [-0.2, 0) is 21.8 Å². The third-order valence-corrected chi connectivity index (χ3v) is 3.96. The Kier molecular flexibility index (Phi) is 4.77. The number of hydrogen-bond acceptors (Lipinski definition) is 5. The van der Waals surface area contributed by atoms with E-state index in [-0.39, 0.29) is 12.1 Å². The van der Waals surface area contributed by atoms with Crippen LogP contribution in [0.1, 0.15) is 18.9 Å². The van der Waals surface area contributed by atoms with Crippen LogP contribution in [0.5, 0.6) is 0 Å². The van der Waals surface area contributed by atoms with Crippen molar-refractivity contribution in [2.45, 2.75) is 31.8 Å². The van der Waals surface area contributed by atoms with E-state index in [1.807, 2.05) is 24.3 Å². The summed E-state index contributed by atoms with van der Waals surface area (Å²) >= 11 is 0. The molecule has 8 heteroatoms. The van der Waals surface area contributed by atoms with Crippen molar-refractivity contribution in [3.63, 3.8) is 0 Å². The summed E-state index contributed by atoms with van der Waals surface area (Å²) in [5.74, 6) is -0.903. The molecule has 1 aromatic carbocycles. The average molecular weight is 331 g/mol. The second kappa shape index (κ2) is 6.98. The summed E-state index contributed by atoms with van der Waals surface area (Å²) in [6.45, 7) is 3.01. The monoisotopic (exact) mass is 331 g/mol. The van der Waals surface area contributed by atoms with E-state index in [9.17, 15) is 4.79 Å². The lowest BCUT2D eigenvalue weighted by Gasteiger charge is -2.28. The average Bonchev–Trinajstić information content (AvgIpc) is 3.26. The lowest BCUT2D eigenvalue weighted by atomic mass is 10.1. The number of urea groups is 1. The van der Waals surface area contributed by atoms with E-state index in [1.54, 1.807) is 18.1 Å². The van der Waals surface area contributed by atoms with Crippen LogP contribution in [0.25, 0.3) is 0 Å². The number of amides is 2. The number of anilines is 1. The van der Waals surface area contributed by atoms with Gasteiger partial charge in [0.15, 0.2) is 0 Å². The molecule has 1 fully saturated rings. The zero-order valence-electron chi connectivity index (χ0n) is 13.7. The van der Waals surface area contributed by atoms with Crippen molar-refractivity contribution >= 4 is 11.7 Å². The fourth-order valence-corrected chi connectivity index (χ4v) is 2.62. The quantitative estimate of drug-likeness (QED) is 0.870. The normalized spacial score (nSPS) is 23.2. The standard InChI is InChI=1S/C16H21N5O3/c1-3-14-8-23-16(24-14,9-21-11-18-10-19-21)12-4-6-13(7-5-12)20-15(22)17-2/h4-7,10-11,14H,3,8-9H2,1-2H3,(H2,17,20,22). The zero-order chi connectivity index (χ0) is 17.0. The van der Waals surface area contributed by atoms with Crippen LogP contribution in [0.4, 0.5) is 10.5 Å². The minimum atomic E-state index is -0.903. The fraction of sp³-hybridized carbons (Fsp3) is 0.438. The van der Waals surface area contributed by atoms with Crippen LogP contribution in [0.3, 0.4) is 0 Å². The SMILES string of the molecule is CCC1COC(Cn2cncn2)(c2ccc(NC(=O)NC)cc2)O1. The molecule has 1 aliphatic heterocycles.